The number of ether oxygens (including phenoxy) is 1. The van der Waals surface area contributed by atoms with Gasteiger partial charge in [0.2, 0.25) is 0 Å². The van der Waals surface area contributed by atoms with Gasteiger partial charge < -0.3 is 19.0 Å². The molecule has 12 aromatic rings. The number of nitrogens with zero attached hydrogens (tertiary/aromatic N) is 2. The molecule has 13 rings (SSSR count). The molecule has 68 heavy (non-hydrogen) atoms. The topological polar surface area (TPSA) is 28.9 Å². The third-order valence-electron chi connectivity index (χ3n) is 13.2. The van der Waals surface area contributed by atoms with Crippen molar-refractivity contribution in [3.05, 3.63) is 255 Å². The molecule has 320 valence electrons. The lowest BCUT2D eigenvalue weighted by Crippen LogP contribution is -2.13. The van der Waals surface area contributed by atoms with Crippen LogP contribution >= 0.6 is 0 Å². The summed E-state index contributed by atoms with van der Waals surface area (Å²) in [6, 6.07) is 90.3. The first-order chi connectivity index (χ1) is 33.7. The Kier molecular flexibility index (Phi) is 9.47. The summed E-state index contributed by atoms with van der Waals surface area (Å²) in [5.74, 6) is 1.62. The van der Waals surface area contributed by atoms with Crippen molar-refractivity contribution in [2.24, 2.45) is 0 Å². The summed E-state index contributed by atoms with van der Waals surface area (Å²) in [6.07, 6.45) is 0. The highest BCUT2D eigenvalue weighted by atomic mass is 16.5. The van der Waals surface area contributed by atoms with Gasteiger partial charge in [-0.25, -0.2) is 0 Å². The molecule has 0 fully saturated rings. The summed E-state index contributed by atoms with van der Waals surface area (Å²) >= 11 is 0. The van der Waals surface area contributed by atoms with Crippen molar-refractivity contribution in [1.29, 1.82) is 0 Å². The van der Waals surface area contributed by atoms with E-state index in [4.69, 9.17) is 9.15 Å². The summed E-state index contributed by atoms with van der Waals surface area (Å²) in [7, 11) is 0. The van der Waals surface area contributed by atoms with E-state index in [9.17, 15) is 0 Å². The maximum absolute atomic E-state index is 7.25. The molecule has 0 spiro atoms. The molecule has 0 saturated carbocycles. The highest BCUT2D eigenvalue weighted by Gasteiger charge is 2.28. The highest BCUT2D eigenvalue weighted by molar-refractivity contribution is 6.10. The zero-order valence-electron chi connectivity index (χ0n) is 37.0. The lowest BCUT2D eigenvalue weighted by atomic mass is 9.93. The summed E-state index contributed by atoms with van der Waals surface area (Å²) in [4.78, 5) is 4.62. The largest absolute Gasteiger partial charge is 0.455 e. The van der Waals surface area contributed by atoms with E-state index in [0.29, 0.717) is 0 Å². The van der Waals surface area contributed by atoms with Crippen molar-refractivity contribution in [3.8, 4) is 56.0 Å². The van der Waals surface area contributed by atoms with Crippen LogP contribution in [-0.2, 0) is 0 Å². The van der Waals surface area contributed by atoms with Crippen LogP contribution in [0, 0.1) is 0 Å². The fourth-order valence-corrected chi connectivity index (χ4v) is 10.0. The Morgan fingerprint density at radius 3 is 1.49 bits per heavy atom. The molecule has 11 aromatic carbocycles. The number of hydrogen-bond acceptors (Lipinski definition) is 4. The molecular formula is C64H42N2O2. The molecule has 1 aliphatic rings. The second-order valence-corrected chi connectivity index (χ2v) is 17.3. The van der Waals surface area contributed by atoms with Crippen LogP contribution < -0.4 is 14.5 Å². The van der Waals surface area contributed by atoms with Gasteiger partial charge in [-0.1, -0.05) is 182 Å². The van der Waals surface area contributed by atoms with E-state index in [1.54, 1.807) is 0 Å². The number of anilines is 6. The SMILES string of the molecule is c1ccc(-c2ccc(-c3ccc(N(c4ccc(-c5cccc6c5oc5ccccc56)cc4)c4cc5c6c(cccc6c4)-c4cccc(N(c6ccccc6)c6ccccc6)c4O5)cc3)cc2)cc1. The first-order valence-electron chi connectivity index (χ1n) is 23.1. The molecule has 0 unspecified atom stereocenters. The number of para-hydroxylation sites is 5. The molecule has 0 N–H and O–H groups in total. The molecule has 0 aliphatic carbocycles. The molecule has 0 atom stereocenters. The normalized spacial score (nSPS) is 11.6. The molecule has 2 heterocycles. The maximum atomic E-state index is 7.25. The first-order valence-corrected chi connectivity index (χ1v) is 23.1. The molecule has 0 saturated heterocycles. The number of fused-ring (bicyclic) bond motifs is 5. The van der Waals surface area contributed by atoms with E-state index in [-0.39, 0.29) is 0 Å². The van der Waals surface area contributed by atoms with Gasteiger partial charge >= 0.3 is 0 Å². The zero-order chi connectivity index (χ0) is 45.0. The monoisotopic (exact) mass is 870 g/mol. The van der Waals surface area contributed by atoms with Gasteiger partial charge in [-0.2, -0.15) is 0 Å². The Labute approximate surface area is 394 Å². The third kappa shape index (κ3) is 6.78. The average molecular weight is 871 g/mol. The van der Waals surface area contributed by atoms with Crippen molar-refractivity contribution < 1.29 is 9.15 Å². The van der Waals surface area contributed by atoms with E-state index < -0.39 is 0 Å². The quantitative estimate of drug-likeness (QED) is 0.144. The van der Waals surface area contributed by atoms with Crippen LogP contribution in [-0.4, -0.2) is 0 Å². The van der Waals surface area contributed by atoms with E-state index in [0.717, 1.165) is 112 Å². The van der Waals surface area contributed by atoms with Crippen LogP contribution in [0.1, 0.15) is 0 Å². The van der Waals surface area contributed by atoms with Crippen LogP contribution in [0.2, 0.25) is 0 Å². The fraction of sp³-hybridized carbons (Fsp3) is 0. The van der Waals surface area contributed by atoms with Crippen LogP contribution in [0.4, 0.5) is 34.1 Å². The van der Waals surface area contributed by atoms with Gasteiger partial charge in [0.15, 0.2) is 5.75 Å². The Morgan fingerprint density at radius 2 is 0.809 bits per heavy atom. The van der Waals surface area contributed by atoms with Gasteiger partial charge in [0, 0.05) is 56.1 Å². The number of rotatable bonds is 9. The molecular weight excluding hydrogens is 829 g/mol. The lowest BCUT2D eigenvalue weighted by molar-refractivity contribution is 0.488. The third-order valence-corrected chi connectivity index (χ3v) is 13.2. The van der Waals surface area contributed by atoms with Gasteiger partial charge in [0.25, 0.3) is 0 Å². The highest BCUT2D eigenvalue weighted by Crippen LogP contribution is 2.54. The van der Waals surface area contributed by atoms with Crippen molar-refractivity contribution >= 4 is 66.8 Å². The smallest absolute Gasteiger partial charge is 0.159 e. The zero-order valence-corrected chi connectivity index (χ0v) is 37.0. The number of furan rings is 1. The minimum atomic E-state index is 0.808. The molecule has 0 radical (unpaired) electrons. The second kappa shape index (κ2) is 16.4. The Bertz CT molecular complexity index is 3750. The first kappa shape index (κ1) is 39.3. The van der Waals surface area contributed by atoms with Crippen molar-refractivity contribution in [2.75, 3.05) is 9.80 Å². The molecule has 0 bridgehead atoms. The second-order valence-electron chi connectivity index (χ2n) is 17.3. The summed E-state index contributed by atoms with van der Waals surface area (Å²) in [5, 5.41) is 4.43. The predicted molar refractivity (Wildman–Crippen MR) is 282 cm³/mol. The van der Waals surface area contributed by atoms with Crippen molar-refractivity contribution in [2.45, 2.75) is 0 Å². The van der Waals surface area contributed by atoms with Crippen LogP contribution in [0.15, 0.2) is 259 Å². The minimum Gasteiger partial charge on any atom is -0.455 e. The van der Waals surface area contributed by atoms with E-state index in [1.165, 1.54) is 11.1 Å². The Hall–Kier alpha value is -9.12. The number of hydrogen-bond donors (Lipinski definition) is 0. The molecule has 0 amide bonds. The number of benzene rings is 11. The van der Waals surface area contributed by atoms with Crippen LogP contribution in [0.25, 0.3) is 77.2 Å². The van der Waals surface area contributed by atoms with E-state index in [2.05, 4.69) is 252 Å². The summed E-state index contributed by atoms with van der Waals surface area (Å²) in [5.41, 5.74) is 17.0. The Morgan fingerprint density at radius 1 is 0.309 bits per heavy atom. The Balaban J connectivity index is 0.936. The van der Waals surface area contributed by atoms with Gasteiger partial charge in [-0.3, -0.25) is 0 Å². The molecule has 1 aliphatic heterocycles. The van der Waals surface area contributed by atoms with Gasteiger partial charge in [0.05, 0.1) is 11.4 Å². The van der Waals surface area contributed by atoms with Crippen molar-refractivity contribution in [3.63, 3.8) is 0 Å². The van der Waals surface area contributed by atoms with Gasteiger partial charge in [-0.15, -0.1) is 0 Å². The molecule has 4 nitrogen and oxygen atoms in total. The summed E-state index contributed by atoms with van der Waals surface area (Å²) in [6.45, 7) is 0. The maximum Gasteiger partial charge on any atom is 0.159 e. The van der Waals surface area contributed by atoms with Gasteiger partial charge in [0.1, 0.15) is 16.9 Å². The molecule has 1 aromatic heterocycles. The standard InChI is InChI=1S/C64H42N2O2/c1-4-15-43(16-5-1)44-29-31-45(32-30-44)46-33-37-51(38-34-46)65(52-39-35-47(36-40-52)54-23-13-25-57-55-22-10-11-28-60(55)67-63(54)57)53-41-48-17-12-24-56-58-26-14-27-59(64(58)68-61(42-53)62(48)56)66(49-18-6-2-7-19-49)50-20-8-3-9-21-50/h1-42H. The molecule has 4 heteroatoms. The van der Waals surface area contributed by atoms with Crippen molar-refractivity contribution in [1.82, 2.24) is 0 Å². The average Bonchev–Trinajstić information content (AvgIpc) is 3.80. The lowest BCUT2D eigenvalue weighted by Gasteiger charge is -2.32. The predicted octanol–water partition coefficient (Wildman–Crippen LogP) is 18.5. The van der Waals surface area contributed by atoms with Crippen LogP contribution in [0.5, 0.6) is 11.5 Å². The fourth-order valence-electron chi connectivity index (χ4n) is 10.0. The van der Waals surface area contributed by atoms with E-state index in [1.807, 2.05) is 12.1 Å². The van der Waals surface area contributed by atoms with Crippen LogP contribution in [0.3, 0.4) is 0 Å². The van der Waals surface area contributed by atoms with E-state index >= 15 is 0 Å². The summed E-state index contributed by atoms with van der Waals surface area (Å²) < 4.78 is 13.7. The minimum absolute atomic E-state index is 0.808. The van der Waals surface area contributed by atoms with Gasteiger partial charge in [-0.05, 0) is 105 Å².